The van der Waals surface area contributed by atoms with Crippen LogP contribution in [0.3, 0.4) is 0 Å². The molecule has 0 spiro atoms. The van der Waals surface area contributed by atoms with Crippen molar-refractivity contribution in [1.82, 2.24) is 5.32 Å². The number of hydrogen-bond donors (Lipinski definition) is 2. The molecule has 2 aromatic rings. The predicted molar refractivity (Wildman–Crippen MR) is 99.9 cm³/mol. The Morgan fingerprint density at radius 2 is 2.17 bits per heavy atom. The average Bonchev–Trinajstić information content (AvgIpc) is 3.08. The Labute approximate surface area is 149 Å². The fraction of sp³-hybridized carbons (Fsp3) is 0.294. The highest BCUT2D eigenvalue weighted by Gasteiger charge is 2.07. The normalized spacial score (nSPS) is 10.2. The Bertz CT molecular complexity index is 660. The number of rotatable bonds is 8. The van der Waals surface area contributed by atoms with Crippen molar-refractivity contribution in [2.24, 2.45) is 0 Å². The summed E-state index contributed by atoms with van der Waals surface area (Å²) in [6.45, 7) is 2.64. The SMILES string of the molecule is CCOC(=O)Nc1cccc(C(=O)NCCSCc2ccsc2)c1. The van der Waals surface area contributed by atoms with Crippen molar-refractivity contribution >= 4 is 40.8 Å². The van der Waals surface area contributed by atoms with Gasteiger partial charge in [0.25, 0.3) is 5.91 Å². The minimum Gasteiger partial charge on any atom is -0.450 e. The molecule has 0 aliphatic carbocycles. The van der Waals surface area contributed by atoms with Crippen LogP contribution in [0.15, 0.2) is 41.1 Å². The molecule has 0 atom stereocenters. The zero-order chi connectivity index (χ0) is 17.2. The number of carbonyl (C=O) groups excluding carboxylic acids is 2. The highest BCUT2D eigenvalue weighted by atomic mass is 32.2. The van der Waals surface area contributed by atoms with Crippen molar-refractivity contribution < 1.29 is 14.3 Å². The van der Waals surface area contributed by atoms with Crippen molar-refractivity contribution in [1.29, 1.82) is 0 Å². The highest BCUT2D eigenvalue weighted by molar-refractivity contribution is 7.98. The molecule has 0 aliphatic heterocycles. The van der Waals surface area contributed by atoms with Gasteiger partial charge in [0.1, 0.15) is 0 Å². The number of thiophene rings is 1. The van der Waals surface area contributed by atoms with Gasteiger partial charge in [0, 0.05) is 29.3 Å². The maximum atomic E-state index is 12.1. The van der Waals surface area contributed by atoms with Crippen LogP contribution in [0.25, 0.3) is 0 Å². The Kier molecular flexibility index (Phi) is 7.64. The van der Waals surface area contributed by atoms with Gasteiger partial charge in [-0.3, -0.25) is 10.1 Å². The van der Waals surface area contributed by atoms with E-state index in [0.29, 0.717) is 24.4 Å². The van der Waals surface area contributed by atoms with Crippen LogP contribution in [0, 0.1) is 0 Å². The van der Waals surface area contributed by atoms with E-state index in [1.165, 1.54) is 5.56 Å². The second-order valence-electron chi connectivity index (χ2n) is 4.87. The van der Waals surface area contributed by atoms with Crippen molar-refractivity contribution in [3.05, 3.63) is 52.2 Å². The largest absolute Gasteiger partial charge is 0.450 e. The summed E-state index contributed by atoms with van der Waals surface area (Å²) < 4.78 is 4.82. The van der Waals surface area contributed by atoms with Gasteiger partial charge in [-0.15, -0.1) is 0 Å². The standard InChI is InChI=1S/C17H20N2O3S2/c1-2-22-17(21)19-15-5-3-4-14(10-15)16(20)18-7-9-24-12-13-6-8-23-11-13/h3-6,8,10-11H,2,7,9,12H2,1H3,(H,18,20)(H,19,21). The predicted octanol–water partition coefficient (Wildman–Crippen LogP) is 3.98. The summed E-state index contributed by atoms with van der Waals surface area (Å²) in [6.07, 6.45) is -0.528. The molecule has 1 heterocycles. The van der Waals surface area contributed by atoms with E-state index in [0.717, 1.165) is 11.5 Å². The first-order chi connectivity index (χ1) is 11.7. The second-order valence-corrected chi connectivity index (χ2v) is 6.75. The monoisotopic (exact) mass is 364 g/mol. The van der Waals surface area contributed by atoms with Crippen molar-refractivity contribution in [2.45, 2.75) is 12.7 Å². The summed E-state index contributed by atoms with van der Waals surface area (Å²) in [5.41, 5.74) is 2.36. The number of benzene rings is 1. The molecule has 0 saturated heterocycles. The molecule has 2 N–H and O–H groups in total. The van der Waals surface area contributed by atoms with E-state index in [9.17, 15) is 9.59 Å². The Hall–Kier alpha value is -1.99. The maximum absolute atomic E-state index is 12.1. The van der Waals surface area contributed by atoms with Crippen LogP contribution in [0.5, 0.6) is 0 Å². The third kappa shape index (κ3) is 6.25. The van der Waals surface area contributed by atoms with Gasteiger partial charge in [0.15, 0.2) is 0 Å². The van der Waals surface area contributed by atoms with Crippen LogP contribution >= 0.6 is 23.1 Å². The van der Waals surface area contributed by atoms with Crippen LogP contribution in [-0.2, 0) is 10.5 Å². The van der Waals surface area contributed by atoms with E-state index in [2.05, 4.69) is 27.5 Å². The quantitative estimate of drug-likeness (QED) is 0.695. The lowest BCUT2D eigenvalue weighted by Gasteiger charge is -2.08. The van der Waals surface area contributed by atoms with E-state index >= 15 is 0 Å². The molecule has 24 heavy (non-hydrogen) atoms. The van der Waals surface area contributed by atoms with Gasteiger partial charge in [-0.05, 0) is 47.5 Å². The minimum absolute atomic E-state index is 0.154. The minimum atomic E-state index is -0.528. The van der Waals surface area contributed by atoms with Crippen LogP contribution in [-0.4, -0.2) is 30.9 Å². The van der Waals surface area contributed by atoms with Crippen LogP contribution < -0.4 is 10.6 Å². The molecule has 0 unspecified atom stereocenters. The summed E-state index contributed by atoms with van der Waals surface area (Å²) in [4.78, 5) is 23.5. The van der Waals surface area contributed by atoms with Gasteiger partial charge in [0.05, 0.1) is 6.61 Å². The summed E-state index contributed by atoms with van der Waals surface area (Å²) in [6, 6.07) is 8.89. The van der Waals surface area contributed by atoms with Crippen molar-refractivity contribution in [2.75, 3.05) is 24.2 Å². The van der Waals surface area contributed by atoms with Crippen LogP contribution in [0.2, 0.25) is 0 Å². The molecule has 128 valence electrons. The molecular weight excluding hydrogens is 344 g/mol. The lowest BCUT2D eigenvalue weighted by atomic mass is 10.2. The smallest absolute Gasteiger partial charge is 0.411 e. The molecule has 1 aromatic heterocycles. The Morgan fingerprint density at radius 3 is 2.92 bits per heavy atom. The fourth-order valence-corrected chi connectivity index (χ4v) is 3.51. The average molecular weight is 364 g/mol. The third-order valence-electron chi connectivity index (χ3n) is 3.03. The van der Waals surface area contributed by atoms with Gasteiger partial charge in [-0.25, -0.2) is 4.79 Å². The van der Waals surface area contributed by atoms with Gasteiger partial charge < -0.3 is 10.1 Å². The summed E-state index contributed by atoms with van der Waals surface area (Å²) >= 11 is 3.48. The van der Waals surface area contributed by atoms with Crippen molar-refractivity contribution in [3.8, 4) is 0 Å². The molecule has 5 nitrogen and oxygen atoms in total. The van der Waals surface area contributed by atoms with Crippen LogP contribution in [0.1, 0.15) is 22.8 Å². The first kappa shape index (κ1) is 18.4. The Morgan fingerprint density at radius 1 is 1.29 bits per heavy atom. The summed E-state index contributed by atoms with van der Waals surface area (Å²) in [5.74, 6) is 1.65. The molecule has 0 bridgehead atoms. The van der Waals surface area contributed by atoms with Gasteiger partial charge in [-0.2, -0.15) is 23.1 Å². The van der Waals surface area contributed by atoms with E-state index in [1.807, 2.05) is 0 Å². The van der Waals surface area contributed by atoms with Gasteiger partial charge >= 0.3 is 6.09 Å². The number of nitrogens with one attached hydrogen (secondary N) is 2. The third-order valence-corrected chi connectivity index (χ3v) is 4.79. The molecule has 1 aromatic carbocycles. The topological polar surface area (TPSA) is 67.4 Å². The van der Waals surface area contributed by atoms with Crippen LogP contribution in [0.4, 0.5) is 10.5 Å². The number of anilines is 1. The summed E-state index contributed by atoms with van der Waals surface area (Å²) in [5, 5.41) is 9.67. The van der Waals surface area contributed by atoms with E-state index < -0.39 is 6.09 Å². The highest BCUT2D eigenvalue weighted by Crippen LogP contribution is 2.14. The second kappa shape index (κ2) is 10.00. The molecule has 7 heteroatoms. The first-order valence-corrected chi connectivity index (χ1v) is 9.69. The summed E-state index contributed by atoms with van der Waals surface area (Å²) in [7, 11) is 0. The number of ether oxygens (including phenoxy) is 1. The number of amides is 2. The van der Waals surface area contributed by atoms with Gasteiger partial charge in [-0.1, -0.05) is 6.07 Å². The molecular formula is C17H20N2O3S2. The molecule has 0 radical (unpaired) electrons. The molecule has 0 fully saturated rings. The van der Waals surface area contributed by atoms with Crippen molar-refractivity contribution in [3.63, 3.8) is 0 Å². The molecule has 0 aliphatic rings. The Balaban J connectivity index is 1.74. The van der Waals surface area contributed by atoms with E-state index in [-0.39, 0.29) is 5.91 Å². The first-order valence-electron chi connectivity index (χ1n) is 7.60. The lowest BCUT2D eigenvalue weighted by molar-refractivity contribution is 0.0956. The maximum Gasteiger partial charge on any atom is 0.411 e. The number of hydrogen-bond acceptors (Lipinski definition) is 5. The fourth-order valence-electron chi connectivity index (χ4n) is 1.93. The van der Waals surface area contributed by atoms with E-state index in [1.54, 1.807) is 54.3 Å². The van der Waals surface area contributed by atoms with E-state index in [4.69, 9.17) is 4.74 Å². The zero-order valence-electron chi connectivity index (χ0n) is 13.4. The molecule has 2 rings (SSSR count). The zero-order valence-corrected chi connectivity index (χ0v) is 15.0. The van der Waals surface area contributed by atoms with Gasteiger partial charge in [0.2, 0.25) is 0 Å². The molecule has 0 saturated carbocycles. The number of thioether (sulfide) groups is 1. The molecule has 2 amide bonds. The lowest BCUT2D eigenvalue weighted by Crippen LogP contribution is -2.26. The number of carbonyl (C=O) groups is 2.